The largest absolute Gasteiger partial charge is 0.503 e. The monoisotopic (exact) mass is 550 g/mol. The first kappa shape index (κ1) is 24.8. The molecule has 5 aromatic rings. The third-order valence-corrected chi connectivity index (χ3v) is 9.19. The molecule has 0 unspecified atom stereocenters. The van der Waals surface area contributed by atoms with E-state index in [9.17, 15) is 23.4 Å². The van der Waals surface area contributed by atoms with E-state index < -0.39 is 27.2 Å². The predicted molar refractivity (Wildman–Crippen MR) is 142 cm³/mol. The normalized spacial score (nSPS) is 11.5. The maximum Gasteiger partial charge on any atom is 0.242 e. The van der Waals surface area contributed by atoms with Gasteiger partial charge in [-0.3, -0.25) is 9.36 Å². The molecule has 0 bridgehead atoms. The van der Waals surface area contributed by atoms with Crippen molar-refractivity contribution in [3.63, 3.8) is 0 Å². The number of benzene rings is 3. The molecule has 0 aliphatic carbocycles. The van der Waals surface area contributed by atoms with Gasteiger partial charge in [0.1, 0.15) is 4.21 Å². The second kappa shape index (κ2) is 9.51. The Hall–Kier alpha value is -3.92. The van der Waals surface area contributed by atoms with Crippen LogP contribution >= 0.6 is 22.9 Å². The molecule has 2 aromatic heterocycles. The lowest BCUT2D eigenvalue weighted by Crippen LogP contribution is -2.05. The highest BCUT2D eigenvalue weighted by atomic mass is 35.5. The minimum atomic E-state index is -3.88. The van der Waals surface area contributed by atoms with Crippen LogP contribution in [0.2, 0.25) is 5.02 Å². The van der Waals surface area contributed by atoms with Crippen molar-refractivity contribution in [2.24, 2.45) is 0 Å². The lowest BCUT2D eigenvalue weighted by molar-refractivity contribution is 0.103. The number of hydrogen-bond donors (Lipinski definition) is 2. The maximum atomic E-state index is 13.6. The minimum Gasteiger partial charge on any atom is -0.503 e. The van der Waals surface area contributed by atoms with Crippen LogP contribution in [0.4, 0.5) is 0 Å². The van der Waals surface area contributed by atoms with Crippen LogP contribution in [0.5, 0.6) is 11.6 Å². The molecule has 3 aromatic carbocycles. The Morgan fingerprint density at radius 2 is 1.68 bits per heavy atom. The van der Waals surface area contributed by atoms with Crippen molar-refractivity contribution in [3.8, 4) is 28.0 Å². The van der Waals surface area contributed by atoms with Crippen molar-refractivity contribution in [3.05, 3.63) is 107 Å². The molecule has 10 heteroatoms. The number of aromatic hydroxyl groups is 2. The van der Waals surface area contributed by atoms with E-state index in [0.717, 1.165) is 21.5 Å². The number of nitrogens with zero attached hydrogens (tertiary/aromatic N) is 2. The summed E-state index contributed by atoms with van der Waals surface area (Å²) in [6, 6.07) is 21.2. The molecule has 0 atom stereocenters. The van der Waals surface area contributed by atoms with Crippen molar-refractivity contribution in [1.29, 1.82) is 0 Å². The summed E-state index contributed by atoms with van der Waals surface area (Å²) in [7, 11) is -3.88. The standard InChI is InChI=1S/C27H19ClN2O5S2/c1-16-10-12-17(13-11-16)24(31)22-23(18-6-5-7-19(28)14-18)30(26(33)25(22)32)27-29-15-21(36-27)37(34,35)20-8-3-2-4-9-20/h2-15,32-33H,1H3. The lowest BCUT2D eigenvalue weighted by atomic mass is 9.98. The van der Waals surface area contributed by atoms with E-state index >= 15 is 0 Å². The highest BCUT2D eigenvalue weighted by molar-refractivity contribution is 7.93. The van der Waals surface area contributed by atoms with Crippen molar-refractivity contribution >= 4 is 38.6 Å². The molecule has 7 nitrogen and oxygen atoms in total. The lowest BCUT2D eigenvalue weighted by Gasteiger charge is -2.10. The Morgan fingerprint density at radius 1 is 0.973 bits per heavy atom. The smallest absolute Gasteiger partial charge is 0.242 e. The van der Waals surface area contributed by atoms with Gasteiger partial charge in [0.05, 0.1) is 22.3 Å². The number of hydrogen-bond acceptors (Lipinski definition) is 7. The number of carbonyl (C=O) groups is 1. The predicted octanol–water partition coefficient (Wildman–Crippen LogP) is 6.04. The van der Waals surface area contributed by atoms with E-state index in [4.69, 9.17) is 11.6 Å². The number of carbonyl (C=O) groups excluding carboxylic acids is 1. The Balaban J connectivity index is 1.73. The zero-order chi connectivity index (χ0) is 26.3. The molecule has 2 heterocycles. The van der Waals surface area contributed by atoms with E-state index in [0.29, 0.717) is 16.1 Å². The number of halogens is 1. The third-order valence-electron chi connectivity index (χ3n) is 5.74. The molecular formula is C27H19ClN2O5S2. The first-order chi connectivity index (χ1) is 17.7. The van der Waals surface area contributed by atoms with Gasteiger partial charge in [-0.1, -0.05) is 83.1 Å². The van der Waals surface area contributed by atoms with Gasteiger partial charge < -0.3 is 10.2 Å². The van der Waals surface area contributed by atoms with E-state index in [1.807, 2.05) is 6.92 Å². The van der Waals surface area contributed by atoms with Gasteiger partial charge in [-0.25, -0.2) is 13.4 Å². The summed E-state index contributed by atoms with van der Waals surface area (Å²) in [6.45, 7) is 1.88. The zero-order valence-corrected chi connectivity index (χ0v) is 21.7. The van der Waals surface area contributed by atoms with E-state index in [1.54, 1.807) is 66.7 Å². The summed E-state index contributed by atoms with van der Waals surface area (Å²) < 4.78 is 27.4. The molecule has 37 heavy (non-hydrogen) atoms. The molecule has 0 aliphatic heterocycles. The summed E-state index contributed by atoms with van der Waals surface area (Å²) in [5.74, 6) is -1.83. The summed E-state index contributed by atoms with van der Waals surface area (Å²) in [6.07, 6.45) is 1.18. The summed E-state index contributed by atoms with van der Waals surface area (Å²) in [5, 5.41) is 22.4. The SMILES string of the molecule is Cc1ccc(C(=O)c2c(O)c(O)n(-c3ncc(S(=O)(=O)c4ccccc4)s3)c2-c2cccc(Cl)c2)cc1. The van der Waals surface area contributed by atoms with Crippen LogP contribution in [-0.2, 0) is 9.84 Å². The van der Waals surface area contributed by atoms with Crippen LogP contribution < -0.4 is 0 Å². The number of ketones is 1. The molecular weight excluding hydrogens is 532 g/mol. The fourth-order valence-electron chi connectivity index (χ4n) is 3.90. The first-order valence-corrected chi connectivity index (χ1v) is 13.7. The fraction of sp³-hybridized carbons (Fsp3) is 0.0370. The Kier molecular flexibility index (Phi) is 6.36. The van der Waals surface area contributed by atoms with Crippen LogP contribution in [0.15, 0.2) is 94.2 Å². The van der Waals surface area contributed by atoms with Gasteiger partial charge in [0.25, 0.3) is 0 Å². The third kappa shape index (κ3) is 4.42. The van der Waals surface area contributed by atoms with Crippen LogP contribution in [0, 0.1) is 6.92 Å². The maximum absolute atomic E-state index is 13.6. The quantitative estimate of drug-likeness (QED) is 0.249. The first-order valence-electron chi connectivity index (χ1n) is 11.0. The second-order valence-electron chi connectivity index (χ2n) is 8.22. The van der Waals surface area contributed by atoms with Crippen LogP contribution in [0.3, 0.4) is 0 Å². The molecule has 0 amide bonds. The molecule has 2 N–H and O–H groups in total. The topological polar surface area (TPSA) is 109 Å². The molecule has 0 saturated heterocycles. The van der Waals surface area contributed by atoms with Gasteiger partial charge in [-0.2, -0.15) is 0 Å². The van der Waals surface area contributed by atoms with Gasteiger partial charge in [0.15, 0.2) is 16.7 Å². The second-order valence-corrected chi connectivity index (χ2v) is 11.8. The van der Waals surface area contributed by atoms with Crippen molar-refractivity contribution < 1.29 is 23.4 Å². The zero-order valence-electron chi connectivity index (χ0n) is 19.3. The van der Waals surface area contributed by atoms with Gasteiger partial charge in [0.2, 0.25) is 15.7 Å². The van der Waals surface area contributed by atoms with E-state index in [1.165, 1.54) is 18.3 Å². The Labute approximate surface area is 221 Å². The summed E-state index contributed by atoms with van der Waals surface area (Å²) in [4.78, 5) is 17.9. The van der Waals surface area contributed by atoms with Gasteiger partial charge >= 0.3 is 0 Å². The summed E-state index contributed by atoms with van der Waals surface area (Å²) in [5.41, 5.74) is 1.63. The number of thiazole rings is 1. The Bertz CT molecular complexity index is 1740. The molecule has 0 fully saturated rings. The van der Waals surface area contributed by atoms with Crippen LogP contribution in [0.25, 0.3) is 16.4 Å². The van der Waals surface area contributed by atoms with E-state index in [-0.39, 0.29) is 25.5 Å². The van der Waals surface area contributed by atoms with Crippen molar-refractivity contribution in [1.82, 2.24) is 9.55 Å². The molecule has 0 spiro atoms. The minimum absolute atomic E-state index is 0.0419. The van der Waals surface area contributed by atoms with Gasteiger partial charge in [0, 0.05) is 16.1 Å². The van der Waals surface area contributed by atoms with E-state index in [2.05, 4.69) is 4.98 Å². The van der Waals surface area contributed by atoms with Crippen molar-refractivity contribution in [2.45, 2.75) is 16.0 Å². The highest BCUT2D eigenvalue weighted by Gasteiger charge is 2.32. The number of aryl methyl sites for hydroxylation is 1. The van der Waals surface area contributed by atoms with Crippen LogP contribution in [-0.4, -0.2) is 34.0 Å². The Morgan fingerprint density at radius 3 is 2.35 bits per heavy atom. The molecule has 0 aliphatic rings. The molecule has 5 rings (SSSR count). The number of aromatic nitrogens is 2. The highest BCUT2D eigenvalue weighted by Crippen LogP contribution is 2.45. The van der Waals surface area contributed by atoms with Crippen LogP contribution in [0.1, 0.15) is 21.5 Å². The number of rotatable bonds is 6. The number of sulfone groups is 1. The molecule has 0 saturated carbocycles. The fourth-order valence-corrected chi connectivity index (χ4v) is 6.64. The molecule has 0 radical (unpaired) electrons. The summed E-state index contributed by atoms with van der Waals surface area (Å²) >= 11 is 7.02. The average molecular weight is 551 g/mol. The average Bonchev–Trinajstić information content (AvgIpc) is 3.48. The van der Waals surface area contributed by atoms with Gasteiger partial charge in [-0.15, -0.1) is 0 Å². The van der Waals surface area contributed by atoms with Crippen molar-refractivity contribution in [2.75, 3.05) is 0 Å². The molecule has 186 valence electrons. The van der Waals surface area contributed by atoms with Gasteiger partial charge in [-0.05, 0) is 31.2 Å².